The molecule has 16 heavy (non-hydrogen) atoms. The van der Waals surface area contributed by atoms with Gasteiger partial charge in [-0.3, -0.25) is 9.59 Å². The van der Waals surface area contributed by atoms with Crippen molar-refractivity contribution in [2.75, 3.05) is 26.7 Å². The molecule has 0 radical (unpaired) electrons. The van der Waals surface area contributed by atoms with Crippen molar-refractivity contribution in [1.29, 1.82) is 0 Å². The third kappa shape index (κ3) is 3.34. The van der Waals surface area contributed by atoms with Crippen LogP contribution < -0.4 is 10.6 Å². The highest BCUT2D eigenvalue weighted by Gasteiger charge is 2.33. The van der Waals surface area contributed by atoms with Crippen LogP contribution in [0.5, 0.6) is 0 Å². The summed E-state index contributed by atoms with van der Waals surface area (Å²) in [5.41, 5.74) is 0. The van der Waals surface area contributed by atoms with Crippen molar-refractivity contribution in [2.45, 2.75) is 6.42 Å². The minimum atomic E-state index is -0.908. The lowest BCUT2D eigenvalue weighted by molar-refractivity contribution is -0.141. The normalized spacial score (nSPS) is 19.7. The van der Waals surface area contributed by atoms with Crippen molar-refractivity contribution < 1.29 is 14.7 Å². The second kappa shape index (κ2) is 5.64. The van der Waals surface area contributed by atoms with Crippen LogP contribution in [0.4, 0.5) is 0 Å². The summed E-state index contributed by atoms with van der Waals surface area (Å²) < 4.78 is 0. The molecule has 1 unspecified atom stereocenters. The molecule has 0 aliphatic carbocycles. The van der Waals surface area contributed by atoms with Gasteiger partial charge in [0, 0.05) is 33.1 Å². The van der Waals surface area contributed by atoms with Gasteiger partial charge in [0.2, 0.25) is 5.91 Å². The summed E-state index contributed by atoms with van der Waals surface area (Å²) in [5, 5.41) is 14.9. The van der Waals surface area contributed by atoms with Crippen LogP contribution in [-0.4, -0.2) is 53.7 Å². The molecule has 1 atom stereocenters. The Hall–Kier alpha value is -1.37. The van der Waals surface area contributed by atoms with Gasteiger partial charge in [0.05, 0.1) is 5.92 Å². The number of carboxylic acids is 1. The number of hydrogen-bond donors (Lipinski definition) is 3. The largest absolute Gasteiger partial charge is 0.481 e. The predicted octanol–water partition coefficient (Wildman–Crippen LogP) is -0.987. The average Bonchev–Trinajstić information content (AvgIpc) is 2.60. The van der Waals surface area contributed by atoms with Gasteiger partial charge in [-0.15, -0.1) is 0 Å². The maximum absolute atomic E-state index is 11.4. The molecule has 1 fully saturated rings. The van der Waals surface area contributed by atoms with E-state index in [1.54, 1.807) is 11.9 Å². The van der Waals surface area contributed by atoms with E-state index in [4.69, 9.17) is 17.3 Å². The maximum atomic E-state index is 11.4. The maximum Gasteiger partial charge on any atom is 0.308 e. The monoisotopic (exact) mass is 245 g/mol. The number of rotatable bonds is 4. The van der Waals surface area contributed by atoms with Crippen LogP contribution in [0.2, 0.25) is 0 Å². The third-order valence-corrected chi connectivity index (χ3v) is 2.81. The van der Waals surface area contributed by atoms with Crippen molar-refractivity contribution in [2.24, 2.45) is 5.92 Å². The van der Waals surface area contributed by atoms with Crippen molar-refractivity contribution in [3.63, 3.8) is 0 Å². The number of carbonyl (C=O) groups is 2. The van der Waals surface area contributed by atoms with Gasteiger partial charge in [0.25, 0.3) is 0 Å². The molecule has 1 aliphatic heterocycles. The van der Waals surface area contributed by atoms with Crippen molar-refractivity contribution in [1.82, 2.24) is 15.5 Å². The van der Waals surface area contributed by atoms with Crippen LogP contribution in [0.15, 0.2) is 0 Å². The van der Waals surface area contributed by atoms with Gasteiger partial charge in [-0.1, -0.05) is 0 Å². The lowest BCUT2D eigenvalue weighted by Gasteiger charge is -2.16. The third-order valence-electron chi connectivity index (χ3n) is 2.46. The van der Waals surface area contributed by atoms with E-state index in [1.165, 1.54) is 0 Å². The van der Waals surface area contributed by atoms with E-state index in [1.807, 2.05) is 0 Å². The number of likely N-dealkylation sites (tertiary alicyclic amines) is 1. The first-order valence-electron chi connectivity index (χ1n) is 5.00. The molecule has 0 aromatic carbocycles. The number of nitrogens with one attached hydrogen (secondary N) is 2. The van der Waals surface area contributed by atoms with Crippen LogP contribution >= 0.6 is 12.2 Å². The Morgan fingerprint density at radius 2 is 2.38 bits per heavy atom. The Morgan fingerprint density at radius 3 is 2.88 bits per heavy atom. The second-order valence-electron chi connectivity index (χ2n) is 3.58. The van der Waals surface area contributed by atoms with Crippen molar-refractivity contribution in [3.05, 3.63) is 0 Å². The first-order valence-corrected chi connectivity index (χ1v) is 5.41. The molecule has 0 aromatic rings. The number of amides is 1. The zero-order chi connectivity index (χ0) is 12.1. The number of thiocarbonyl (C=S) groups is 1. The van der Waals surface area contributed by atoms with Gasteiger partial charge in [0.15, 0.2) is 5.11 Å². The predicted molar refractivity (Wildman–Crippen MR) is 62.0 cm³/mol. The smallest absolute Gasteiger partial charge is 0.308 e. The SMILES string of the molecule is CNC(=S)NCCN1CC(C(=O)O)CC1=O. The Kier molecular flexibility index (Phi) is 4.48. The van der Waals surface area contributed by atoms with Gasteiger partial charge in [-0.25, -0.2) is 0 Å². The Labute approximate surface area is 99.0 Å². The van der Waals surface area contributed by atoms with E-state index < -0.39 is 11.9 Å². The molecule has 0 saturated carbocycles. The van der Waals surface area contributed by atoms with E-state index >= 15 is 0 Å². The molecule has 0 aromatic heterocycles. The number of carbonyl (C=O) groups excluding carboxylic acids is 1. The second-order valence-corrected chi connectivity index (χ2v) is 3.99. The van der Waals surface area contributed by atoms with Gasteiger partial charge in [0.1, 0.15) is 0 Å². The van der Waals surface area contributed by atoms with E-state index in [0.717, 1.165) is 0 Å². The molecular weight excluding hydrogens is 230 g/mol. The van der Waals surface area contributed by atoms with E-state index in [2.05, 4.69) is 10.6 Å². The zero-order valence-corrected chi connectivity index (χ0v) is 9.84. The summed E-state index contributed by atoms with van der Waals surface area (Å²) >= 11 is 4.87. The molecule has 1 saturated heterocycles. The molecule has 1 amide bonds. The topological polar surface area (TPSA) is 81.7 Å². The quantitative estimate of drug-likeness (QED) is 0.552. The highest BCUT2D eigenvalue weighted by Crippen LogP contribution is 2.16. The van der Waals surface area contributed by atoms with Gasteiger partial charge < -0.3 is 20.6 Å². The minimum Gasteiger partial charge on any atom is -0.481 e. The van der Waals surface area contributed by atoms with Crippen molar-refractivity contribution >= 4 is 29.2 Å². The van der Waals surface area contributed by atoms with Crippen LogP contribution in [0, 0.1) is 5.92 Å². The number of nitrogens with zero attached hydrogens (tertiary/aromatic N) is 1. The minimum absolute atomic E-state index is 0.103. The number of aliphatic carboxylic acids is 1. The van der Waals surface area contributed by atoms with Crippen LogP contribution in [0.3, 0.4) is 0 Å². The molecular formula is C9H15N3O3S. The van der Waals surface area contributed by atoms with Crippen LogP contribution in [-0.2, 0) is 9.59 Å². The molecule has 1 rings (SSSR count). The molecule has 90 valence electrons. The Morgan fingerprint density at radius 1 is 1.69 bits per heavy atom. The molecule has 3 N–H and O–H groups in total. The highest BCUT2D eigenvalue weighted by molar-refractivity contribution is 7.80. The lowest BCUT2D eigenvalue weighted by atomic mass is 10.1. The van der Waals surface area contributed by atoms with Crippen LogP contribution in [0.1, 0.15) is 6.42 Å². The van der Waals surface area contributed by atoms with Gasteiger partial charge >= 0.3 is 5.97 Å². The first kappa shape index (κ1) is 12.7. The fourth-order valence-corrected chi connectivity index (χ4v) is 1.65. The van der Waals surface area contributed by atoms with E-state index in [9.17, 15) is 9.59 Å². The summed E-state index contributed by atoms with van der Waals surface area (Å²) in [6, 6.07) is 0. The summed E-state index contributed by atoms with van der Waals surface area (Å²) in [7, 11) is 1.71. The summed E-state index contributed by atoms with van der Waals surface area (Å²) in [4.78, 5) is 23.7. The molecule has 0 spiro atoms. The first-order chi connectivity index (χ1) is 7.54. The zero-order valence-electron chi connectivity index (χ0n) is 9.02. The highest BCUT2D eigenvalue weighted by atomic mass is 32.1. The summed E-state index contributed by atoms with van der Waals surface area (Å²) in [6.45, 7) is 1.30. The molecule has 1 aliphatic rings. The van der Waals surface area contributed by atoms with Gasteiger partial charge in [-0.2, -0.15) is 0 Å². The van der Waals surface area contributed by atoms with E-state index in [0.29, 0.717) is 24.7 Å². The number of hydrogen-bond acceptors (Lipinski definition) is 3. The number of carboxylic acid groups (broad SMARTS) is 1. The summed E-state index contributed by atoms with van der Waals surface area (Å²) in [5.74, 6) is -1.58. The summed E-state index contributed by atoms with van der Waals surface area (Å²) in [6.07, 6.45) is 0.103. The molecule has 1 heterocycles. The molecule has 0 bridgehead atoms. The lowest BCUT2D eigenvalue weighted by Crippen LogP contribution is -2.39. The van der Waals surface area contributed by atoms with Crippen molar-refractivity contribution in [3.8, 4) is 0 Å². The average molecular weight is 245 g/mol. The standard InChI is InChI=1S/C9H15N3O3S/c1-10-9(16)11-2-3-12-5-6(8(14)15)4-7(12)13/h6H,2-5H2,1H3,(H,14,15)(H2,10,11,16). The molecule has 6 nitrogen and oxygen atoms in total. The Balaban J connectivity index is 2.30. The fraction of sp³-hybridized carbons (Fsp3) is 0.667. The van der Waals surface area contributed by atoms with E-state index in [-0.39, 0.29) is 12.3 Å². The van der Waals surface area contributed by atoms with Gasteiger partial charge in [-0.05, 0) is 12.2 Å². The Bertz CT molecular complexity index is 308. The fourth-order valence-electron chi connectivity index (χ4n) is 1.55. The van der Waals surface area contributed by atoms with Crippen LogP contribution in [0.25, 0.3) is 0 Å². The molecule has 7 heteroatoms.